The average Bonchev–Trinajstić information content (AvgIpc) is 3.28. The highest BCUT2D eigenvalue weighted by Gasteiger charge is 2.25. The number of benzene rings is 1. The average molecular weight is 479 g/mol. The van der Waals surface area contributed by atoms with Gasteiger partial charge in [0.2, 0.25) is 0 Å². The molecular formula is C26H34N6O3. The lowest BCUT2D eigenvalue weighted by molar-refractivity contribution is 0.0940. The van der Waals surface area contributed by atoms with Crippen LogP contribution < -0.4 is 15.4 Å². The van der Waals surface area contributed by atoms with E-state index in [-0.39, 0.29) is 30.1 Å². The van der Waals surface area contributed by atoms with Crippen LogP contribution in [0.1, 0.15) is 75.3 Å². The number of fused-ring (bicyclic) bond motifs is 1. The monoisotopic (exact) mass is 478 g/mol. The fraction of sp³-hybridized carbons (Fsp3) is 0.500. The van der Waals surface area contributed by atoms with Crippen LogP contribution in [0.25, 0.3) is 11.0 Å². The predicted octanol–water partition coefficient (Wildman–Crippen LogP) is 5.22. The van der Waals surface area contributed by atoms with E-state index in [1.54, 1.807) is 12.4 Å². The quantitative estimate of drug-likeness (QED) is 0.408. The van der Waals surface area contributed by atoms with E-state index in [0.29, 0.717) is 12.1 Å². The molecule has 2 aromatic heterocycles. The first-order valence-electron chi connectivity index (χ1n) is 12.4. The largest absolute Gasteiger partial charge is 0.491 e. The number of pyridine rings is 1. The number of aromatic nitrogens is 3. The van der Waals surface area contributed by atoms with Crippen LogP contribution in [0.4, 0.5) is 5.69 Å². The lowest BCUT2D eigenvalue weighted by Crippen LogP contribution is -2.31. The van der Waals surface area contributed by atoms with Gasteiger partial charge in [0.1, 0.15) is 5.75 Å². The molecule has 9 nitrogen and oxygen atoms in total. The molecule has 2 heterocycles. The van der Waals surface area contributed by atoms with Gasteiger partial charge in [-0.3, -0.25) is 4.79 Å². The van der Waals surface area contributed by atoms with Gasteiger partial charge in [-0.1, -0.05) is 17.3 Å². The molecule has 1 aromatic carbocycles. The van der Waals surface area contributed by atoms with Gasteiger partial charge in [-0.15, -0.1) is 0 Å². The first-order chi connectivity index (χ1) is 16.9. The van der Waals surface area contributed by atoms with Crippen molar-refractivity contribution >= 4 is 22.6 Å². The third-order valence-electron chi connectivity index (χ3n) is 6.50. The van der Waals surface area contributed by atoms with Crippen molar-refractivity contribution in [3.8, 4) is 5.75 Å². The van der Waals surface area contributed by atoms with E-state index in [9.17, 15) is 9.70 Å². The zero-order valence-electron chi connectivity index (χ0n) is 20.8. The molecule has 1 aliphatic rings. The second-order valence-electron chi connectivity index (χ2n) is 9.43. The second kappa shape index (κ2) is 10.8. The number of hydrogen-bond donors (Lipinski definition) is 2. The molecular weight excluding hydrogens is 444 g/mol. The standard InChI is InChI=1S/C26H34N6O3/c1-5-32-25-22(15-28-32)24(30-19-8-10-20(31-34)11-9-19)23(14-27-25)26(33)29-17(4)18-6-12-21(13-7-18)35-16(2)3/h6-7,12-17,19-20H,5,8-11H2,1-4H3,(H,27,30)(H,29,33). The number of nitrogens with one attached hydrogen (secondary N) is 2. The van der Waals surface area contributed by atoms with Crippen LogP contribution in [0.5, 0.6) is 5.75 Å². The van der Waals surface area contributed by atoms with Gasteiger partial charge in [-0.2, -0.15) is 10.0 Å². The molecule has 0 saturated heterocycles. The van der Waals surface area contributed by atoms with Crippen LogP contribution in [0.2, 0.25) is 0 Å². The van der Waals surface area contributed by atoms with Gasteiger partial charge in [0.05, 0.1) is 41.0 Å². The van der Waals surface area contributed by atoms with E-state index in [0.717, 1.165) is 53.7 Å². The Labute approximate surface area is 205 Å². The Morgan fingerprint density at radius 3 is 2.49 bits per heavy atom. The molecule has 2 N–H and O–H groups in total. The SMILES string of the molecule is CCn1ncc2c(NC3CCC(N=O)CC3)c(C(=O)NC(C)c3ccc(OC(C)C)cc3)cnc21. The third kappa shape index (κ3) is 5.61. The van der Waals surface area contributed by atoms with Crippen molar-refractivity contribution in [1.29, 1.82) is 0 Å². The fourth-order valence-corrected chi connectivity index (χ4v) is 4.58. The van der Waals surface area contributed by atoms with Crippen LogP contribution in [-0.4, -0.2) is 38.9 Å². The number of carbonyl (C=O) groups is 1. The molecule has 1 saturated carbocycles. The number of amides is 1. The maximum Gasteiger partial charge on any atom is 0.255 e. The number of rotatable bonds is 9. The van der Waals surface area contributed by atoms with Crippen molar-refractivity contribution in [3.63, 3.8) is 0 Å². The zero-order chi connectivity index (χ0) is 24.9. The van der Waals surface area contributed by atoms with Gasteiger partial charge in [-0.05, 0) is 71.1 Å². The molecule has 1 atom stereocenters. The molecule has 1 fully saturated rings. The predicted molar refractivity (Wildman–Crippen MR) is 137 cm³/mol. The van der Waals surface area contributed by atoms with Crippen molar-refractivity contribution in [2.75, 3.05) is 5.32 Å². The molecule has 1 unspecified atom stereocenters. The smallest absolute Gasteiger partial charge is 0.255 e. The Hall–Kier alpha value is -3.49. The van der Waals surface area contributed by atoms with E-state index < -0.39 is 0 Å². The molecule has 35 heavy (non-hydrogen) atoms. The number of hydrogen-bond acceptors (Lipinski definition) is 7. The Balaban J connectivity index is 1.56. The molecule has 1 aliphatic carbocycles. The van der Waals surface area contributed by atoms with Gasteiger partial charge in [-0.25, -0.2) is 9.67 Å². The summed E-state index contributed by atoms with van der Waals surface area (Å²) in [6, 6.07) is 7.61. The maximum atomic E-state index is 13.4. The third-order valence-corrected chi connectivity index (χ3v) is 6.50. The first-order valence-corrected chi connectivity index (χ1v) is 12.4. The number of nitroso groups, excluding NO2 is 1. The molecule has 1 amide bonds. The summed E-state index contributed by atoms with van der Waals surface area (Å²) < 4.78 is 7.54. The van der Waals surface area contributed by atoms with Crippen molar-refractivity contribution in [2.45, 2.75) is 84.2 Å². The van der Waals surface area contributed by atoms with E-state index in [1.165, 1.54) is 0 Å². The summed E-state index contributed by atoms with van der Waals surface area (Å²) in [6.45, 7) is 8.63. The van der Waals surface area contributed by atoms with Crippen LogP contribution in [0, 0.1) is 4.91 Å². The molecule has 3 aromatic rings. The van der Waals surface area contributed by atoms with Crippen LogP contribution in [0.3, 0.4) is 0 Å². The van der Waals surface area contributed by atoms with E-state index in [2.05, 4.69) is 25.9 Å². The lowest BCUT2D eigenvalue weighted by atomic mass is 9.91. The molecule has 0 bridgehead atoms. The Bertz CT molecular complexity index is 1170. The van der Waals surface area contributed by atoms with Gasteiger partial charge < -0.3 is 15.4 Å². The first kappa shape index (κ1) is 24.6. The minimum Gasteiger partial charge on any atom is -0.491 e. The summed E-state index contributed by atoms with van der Waals surface area (Å²) >= 11 is 0. The minimum absolute atomic E-state index is 0.105. The summed E-state index contributed by atoms with van der Waals surface area (Å²) in [5.41, 5.74) is 2.94. The molecule has 186 valence electrons. The molecule has 9 heteroatoms. The summed E-state index contributed by atoms with van der Waals surface area (Å²) in [4.78, 5) is 28.9. The van der Waals surface area contributed by atoms with Crippen molar-refractivity contribution in [3.05, 3.63) is 52.7 Å². The number of nitrogens with zero attached hydrogens (tertiary/aromatic N) is 4. The van der Waals surface area contributed by atoms with E-state index >= 15 is 0 Å². The van der Waals surface area contributed by atoms with Gasteiger partial charge in [0, 0.05) is 18.8 Å². The van der Waals surface area contributed by atoms with Crippen LogP contribution in [0.15, 0.2) is 41.8 Å². The van der Waals surface area contributed by atoms with Crippen LogP contribution in [-0.2, 0) is 6.54 Å². The summed E-state index contributed by atoms with van der Waals surface area (Å²) in [5.74, 6) is 0.597. The Kier molecular flexibility index (Phi) is 7.63. The normalized spacial score (nSPS) is 18.9. The zero-order valence-corrected chi connectivity index (χ0v) is 20.8. The Morgan fingerprint density at radius 2 is 1.86 bits per heavy atom. The highest BCUT2D eigenvalue weighted by Crippen LogP contribution is 2.31. The highest BCUT2D eigenvalue weighted by atomic mass is 16.5. The topological polar surface area (TPSA) is 110 Å². The molecule has 0 aliphatic heterocycles. The molecule has 0 spiro atoms. The van der Waals surface area contributed by atoms with Gasteiger partial charge in [0.25, 0.3) is 5.91 Å². The fourth-order valence-electron chi connectivity index (χ4n) is 4.58. The molecule has 0 radical (unpaired) electrons. The van der Waals surface area contributed by atoms with Crippen molar-refractivity contribution < 1.29 is 9.53 Å². The lowest BCUT2D eigenvalue weighted by Gasteiger charge is -2.27. The number of aryl methyl sites for hydroxylation is 1. The van der Waals surface area contributed by atoms with Crippen molar-refractivity contribution in [2.24, 2.45) is 5.18 Å². The van der Waals surface area contributed by atoms with Gasteiger partial charge >= 0.3 is 0 Å². The summed E-state index contributed by atoms with van der Waals surface area (Å²) in [7, 11) is 0. The molecule has 4 rings (SSSR count). The summed E-state index contributed by atoms with van der Waals surface area (Å²) in [6.07, 6.45) is 6.64. The Morgan fingerprint density at radius 1 is 1.14 bits per heavy atom. The van der Waals surface area contributed by atoms with Crippen molar-refractivity contribution in [1.82, 2.24) is 20.1 Å². The maximum absolute atomic E-state index is 13.4. The van der Waals surface area contributed by atoms with E-state index in [1.807, 2.05) is 56.6 Å². The number of carbonyl (C=O) groups excluding carboxylic acids is 1. The van der Waals surface area contributed by atoms with Gasteiger partial charge in [0.15, 0.2) is 5.65 Å². The number of ether oxygens (including phenoxy) is 1. The highest BCUT2D eigenvalue weighted by molar-refractivity contribution is 6.06. The van der Waals surface area contributed by atoms with E-state index in [4.69, 9.17) is 4.74 Å². The summed E-state index contributed by atoms with van der Waals surface area (Å²) in [5, 5.41) is 15.2. The second-order valence-corrected chi connectivity index (χ2v) is 9.43. The van der Waals surface area contributed by atoms with Crippen LogP contribution >= 0.6 is 0 Å². The minimum atomic E-state index is -0.204. The number of anilines is 1.